The molecule has 0 fully saturated rings. The van der Waals surface area contributed by atoms with E-state index in [-0.39, 0.29) is 0 Å². The summed E-state index contributed by atoms with van der Waals surface area (Å²) in [5.74, 6) is 0.805. The molecule has 27 heavy (non-hydrogen) atoms. The van der Waals surface area contributed by atoms with Crippen LogP contribution in [-0.2, 0) is 6.42 Å². The number of hydrogen-bond acceptors (Lipinski definition) is 2. The number of carboxylic acid groups (broad SMARTS) is 1. The molecule has 1 amide bonds. The summed E-state index contributed by atoms with van der Waals surface area (Å²) in [5, 5.41) is 9.28. The van der Waals surface area contributed by atoms with Crippen molar-refractivity contribution in [1.29, 1.82) is 0 Å². The molecule has 0 radical (unpaired) electrons. The maximum atomic E-state index is 11.3. The number of hydrogen-bond donors (Lipinski definition) is 2. The predicted molar refractivity (Wildman–Crippen MR) is 108 cm³/mol. The van der Waals surface area contributed by atoms with Crippen LogP contribution in [-0.4, -0.2) is 39.2 Å². The number of nitrogens with zero attached hydrogens (tertiary/aromatic N) is 2. The van der Waals surface area contributed by atoms with E-state index in [4.69, 9.17) is 0 Å². The maximum absolute atomic E-state index is 11.3. The summed E-state index contributed by atoms with van der Waals surface area (Å²) in [5.41, 5.74) is 4.27. The Hall–Kier alpha value is -3.08. The van der Waals surface area contributed by atoms with Gasteiger partial charge in [0.1, 0.15) is 5.82 Å². The Kier molecular flexibility index (Phi) is 6.26. The second-order valence-electron chi connectivity index (χ2n) is 6.55. The molecule has 5 heteroatoms. The molecule has 0 saturated heterocycles. The van der Waals surface area contributed by atoms with E-state index in [0.29, 0.717) is 19.5 Å². The van der Waals surface area contributed by atoms with Gasteiger partial charge in [0.2, 0.25) is 0 Å². The van der Waals surface area contributed by atoms with Crippen LogP contribution in [0.25, 0.3) is 22.4 Å². The topological polar surface area (TPSA) is 69.2 Å². The molecule has 3 rings (SSSR count). The first kappa shape index (κ1) is 18.7. The smallest absolute Gasteiger partial charge is 0.407 e. The van der Waals surface area contributed by atoms with Crippen molar-refractivity contribution >= 4 is 6.09 Å². The molecule has 0 aliphatic heterocycles. The Bertz CT molecular complexity index is 857. The second kappa shape index (κ2) is 9.03. The van der Waals surface area contributed by atoms with Gasteiger partial charge in [-0.05, 0) is 17.5 Å². The van der Waals surface area contributed by atoms with E-state index in [9.17, 15) is 9.90 Å². The molecule has 3 aromatic rings. The lowest BCUT2D eigenvalue weighted by Gasteiger charge is -2.17. The summed E-state index contributed by atoms with van der Waals surface area (Å²) >= 11 is 0. The molecule has 0 bridgehead atoms. The summed E-state index contributed by atoms with van der Waals surface area (Å²) in [6, 6.07) is 18.6. The van der Waals surface area contributed by atoms with Crippen molar-refractivity contribution in [2.24, 2.45) is 0 Å². The fourth-order valence-electron chi connectivity index (χ4n) is 2.99. The van der Waals surface area contributed by atoms with Crippen LogP contribution in [0.5, 0.6) is 0 Å². The number of aromatic nitrogens is 2. The fourth-order valence-corrected chi connectivity index (χ4v) is 2.99. The predicted octanol–water partition coefficient (Wildman–Crippen LogP) is 5.07. The van der Waals surface area contributed by atoms with Crippen molar-refractivity contribution in [3.63, 3.8) is 0 Å². The van der Waals surface area contributed by atoms with Crippen LogP contribution in [0.15, 0.2) is 60.8 Å². The Labute approximate surface area is 159 Å². The summed E-state index contributed by atoms with van der Waals surface area (Å²) in [6.45, 7) is 3.08. The first-order chi connectivity index (χ1) is 13.2. The third-order valence-corrected chi connectivity index (χ3v) is 4.59. The van der Waals surface area contributed by atoms with Crippen molar-refractivity contribution in [2.45, 2.75) is 26.2 Å². The SMILES string of the molecule is CCCCN(CCc1nc(-c2ccc(-c3ccccc3)cc2)c[nH]1)C(=O)O. The molecule has 0 spiro atoms. The lowest BCUT2D eigenvalue weighted by molar-refractivity contribution is 0.145. The van der Waals surface area contributed by atoms with Crippen LogP contribution < -0.4 is 0 Å². The minimum Gasteiger partial charge on any atom is -0.465 e. The highest BCUT2D eigenvalue weighted by Gasteiger charge is 2.12. The maximum Gasteiger partial charge on any atom is 0.407 e. The minimum absolute atomic E-state index is 0.454. The third-order valence-electron chi connectivity index (χ3n) is 4.59. The molecule has 1 aromatic heterocycles. The fraction of sp³-hybridized carbons (Fsp3) is 0.273. The van der Waals surface area contributed by atoms with Gasteiger partial charge in [-0.25, -0.2) is 9.78 Å². The number of unbranched alkanes of at least 4 members (excludes halogenated alkanes) is 1. The van der Waals surface area contributed by atoms with E-state index >= 15 is 0 Å². The van der Waals surface area contributed by atoms with Gasteiger partial charge in [-0.15, -0.1) is 0 Å². The van der Waals surface area contributed by atoms with Gasteiger partial charge >= 0.3 is 6.09 Å². The number of carbonyl (C=O) groups is 1. The molecule has 0 aliphatic carbocycles. The van der Waals surface area contributed by atoms with Gasteiger partial charge in [-0.2, -0.15) is 0 Å². The molecule has 0 saturated carbocycles. The Morgan fingerprint density at radius 1 is 1.00 bits per heavy atom. The van der Waals surface area contributed by atoms with Crippen molar-refractivity contribution < 1.29 is 9.90 Å². The number of aromatic amines is 1. The Balaban J connectivity index is 1.64. The lowest BCUT2D eigenvalue weighted by Crippen LogP contribution is -2.32. The standard InChI is InChI=1S/C22H25N3O2/c1-2-3-14-25(22(26)27)15-13-21-23-16-20(24-21)19-11-9-18(10-12-19)17-7-5-4-6-8-17/h4-12,16H,2-3,13-15H2,1H3,(H,23,24)(H,26,27). The Morgan fingerprint density at radius 2 is 1.67 bits per heavy atom. The van der Waals surface area contributed by atoms with E-state index in [1.165, 1.54) is 16.0 Å². The second-order valence-corrected chi connectivity index (χ2v) is 6.55. The molecule has 140 valence electrons. The molecule has 0 unspecified atom stereocenters. The normalized spacial score (nSPS) is 10.7. The van der Waals surface area contributed by atoms with Gasteiger partial charge < -0.3 is 15.0 Å². The largest absolute Gasteiger partial charge is 0.465 e. The number of benzene rings is 2. The number of H-pyrrole nitrogens is 1. The first-order valence-corrected chi connectivity index (χ1v) is 9.35. The van der Waals surface area contributed by atoms with Crippen LogP contribution in [0.1, 0.15) is 25.6 Å². The number of imidazole rings is 1. The average Bonchev–Trinajstić information content (AvgIpc) is 3.17. The van der Waals surface area contributed by atoms with Gasteiger partial charge in [0.05, 0.1) is 5.69 Å². The number of nitrogens with one attached hydrogen (secondary N) is 1. The summed E-state index contributed by atoms with van der Waals surface area (Å²) in [7, 11) is 0. The van der Waals surface area contributed by atoms with E-state index in [0.717, 1.165) is 29.9 Å². The summed E-state index contributed by atoms with van der Waals surface area (Å²) in [6.07, 6.45) is 3.45. The zero-order valence-corrected chi connectivity index (χ0v) is 15.6. The highest BCUT2D eigenvalue weighted by atomic mass is 16.4. The number of amides is 1. The lowest BCUT2D eigenvalue weighted by atomic mass is 10.0. The molecule has 1 heterocycles. The molecule has 0 atom stereocenters. The zero-order valence-electron chi connectivity index (χ0n) is 15.6. The Morgan fingerprint density at radius 3 is 2.33 bits per heavy atom. The average molecular weight is 363 g/mol. The van der Waals surface area contributed by atoms with Crippen molar-refractivity contribution in [1.82, 2.24) is 14.9 Å². The molecular weight excluding hydrogens is 338 g/mol. The van der Waals surface area contributed by atoms with Crippen LogP contribution in [0.3, 0.4) is 0 Å². The van der Waals surface area contributed by atoms with Crippen LogP contribution in [0.4, 0.5) is 4.79 Å². The van der Waals surface area contributed by atoms with Gasteiger partial charge in [0, 0.05) is 31.3 Å². The first-order valence-electron chi connectivity index (χ1n) is 9.35. The van der Waals surface area contributed by atoms with Crippen molar-refractivity contribution in [3.05, 3.63) is 66.6 Å². The molecule has 0 aliphatic rings. The molecule has 2 aromatic carbocycles. The van der Waals surface area contributed by atoms with Crippen LogP contribution in [0, 0.1) is 0 Å². The highest BCUT2D eigenvalue weighted by Crippen LogP contribution is 2.23. The number of rotatable bonds is 8. The minimum atomic E-state index is -0.869. The van der Waals surface area contributed by atoms with E-state index in [1.54, 1.807) is 0 Å². The van der Waals surface area contributed by atoms with E-state index < -0.39 is 6.09 Å². The zero-order chi connectivity index (χ0) is 19.1. The molecule has 2 N–H and O–H groups in total. The van der Waals surface area contributed by atoms with Gasteiger partial charge in [0.25, 0.3) is 0 Å². The van der Waals surface area contributed by atoms with Gasteiger partial charge in [0.15, 0.2) is 0 Å². The summed E-state index contributed by atoms with van der Waals surface area (Å²) < 4.78 is 0. The molecular formula is C22H25N3O2. The van der Waals surface area contributed by atoms with Crippen molar-refractivity contribution in [3.8, 4) is 22.4 Å². The van der Waals surface area contributed by atoms with E-state index in [1.807, 2.05) is 24.4 Å². The molecule has 5 nitrogen and oxygen atoms in total. The third kappa shape index (κ3) is 4.97. The van der Waals surface area contributed by atoms with Crippen LogP contribution in [0.2, 0.25) is 0 Å². The highest BCUT2D eigenvalue weighted by molar-refractivity contribution is 5.68. The van der Waals surface area contributed by atoms with Gasteiger partial charge in [-0.3, -0.25) is 0 Å². The summed E-state index contributed by atoms with van der Waals surface area (Å²) in [4.78, 5) is 20.5. The van der Waals surface area contributed by atoms with E-state index in [2.05, 4.69) is 53.3 Å². The van der Waals surface area contributed by atoms with Crippen molar-refractivity contribution in [2.75, 3.05) is 13.1 Å². The van der Waals surface area contributed by atoms with Gasteiger partial charge in [-0.1, -0.05) is 67.9 Å². The quantitative estimate of drug-likeness (QED) is 0.587. The van der Waals surface area contributed by atoms with Crippen LogP contribution >= 0.6 is 0 Å². The monoisotopic (exact) mass is 363 g/mol.